The van der Waals surface area contributed by atoms with Gasteiger partial charge in [0.2, 0.25) is 0 Å². The van der Waals surface area contributed by atoms with Crippen molar-refractivity contribution in [3.05, 3.63) is 94.0 Å². The summed E-state index contributed by atoms with van der Waals surface area (Å²) >= 11 is 0. The zero-order chi connectivity index (χ0) is 28.1. The lowest BCUT2D eigenvalue weighted by atomic mass is 10.0. The van der Waals surface area contributed by atoms with Crippen LogP contribution in [0.2, 0.25) is 0 Å². The summed E-state index contributed by atoms with van der Waals surface area (Å²) in [6.45, 7) is 0.957. The Morgan fingerprint density at radius 2 is 1.87 bits per heavy atom. The fourth-order valence-corrected chi connectivity index (χ4v) is 9.59. The van der Waals surface area contributed by atoms with Gasteiger partial charge >= 0.3 is 0 Å². The highest BCUT2D eigenvalue weighted by atomic mass is 32.2. The van der Waals surface area contributed by atoms with E-state index in [1.54, 1.807) is 6.07 Å². The molecular weight excluding hydrogens is 550 g/mol. The number of hydrogen-bond acceptors (Lipinski definition) is 6. The third-order valence-electron chi connectivity index (χ3n) is 7.15. The maximum Gasteiger partial charge on any atom is 0.255 e. The first kappa shape index (κ1) is 26.9. The van der Waals surface area contributed by atoms with Gasteiger partial charge in [-0.3, -0.25) is 9.59 Å². The van der Waals surface area contributed by atoms with Gasteiger partial charge in [0.25, 0.3) is 5.56 Å². The van der Waals surface area contributed by atoms with Crippen LogP contribution in [0.4, 0.5) is 8.78 Å². The number of nitrogens with one attached hydrogen (secondary N) is 1. The fourth-order valence-electron chi connectivity index (χ4n) is 5.09. The summed E-state index contributed by atoms with van der Waals surface area (Å²) in [7, 11) is -7.85. The largest absolute Gasteiger partial charge is 0.333 e. The number of fused-ring (bicyclic) bond motifs is 1. The highest BCUT2D eigenvalue weighted by molar-refractivity contribution is 7.97. The summed E-state index contributed by atoms with van der Waals surface area (Å²) in [5.74, 6) is -3.02. The number of aromatic amines is 1. The maximum absolute atomic E-state index is 14.7. The van der Waals surface area contributed by atoms with Crippen molar-refractivity contribution >= 4 is 36.4 Å². The summed E-state index contributed by atoms with van der Waals surface area (Å²) in [5.41, 5.74) is -0.343. The van der Waals surface area contributed by atoms with Crippen molar-refractivity contribution in [3.63, 3.8) is 0 Å². The molecule has 5 rings (SSSR count). The van der Waals surface area contributed by atoms with Crippen LogP contribution >= 0.6 is 0 Å². The summed E-state index contributed by atoms with van der Waals surface area (Å²) in [6.07, 6.45) is 1.25. The van der Waals surface area contributed by atoms with Crippen molar-refractivity contribution in [2.75, 3.05) is 11.5 Å². The molecule has 0 amide bonds. The van der Waals surface area contributed by atoms with Crippen molar-refractivity contribution in [1.82, 2.24) is 9.55 Å². The second-order valence-electron chi connectivity index (χ2n) is 9.60. The number of sulfone groups is 2. The molecule has 1 aliphatic rings. The molecule has 1 fully saturated rings. The molecule has 0 radical (unpaired) electrons. The van der Waals surface area contributed by atoms with Crippen molar-refractivity contribution in [3.8, 4) is 11.1 Å². The number of aromatic nitrogens is 2. The Bertz CT molecular complexity index is 1890. The Morgan fingerprint density at radius 3 is 2.54 bits per heavy atom. The Balaban J connectivity index is 1.78. The van der Waals surface area contributed by atoms with Gasteiger partial charge in [0.05, 0.1) is 29.0 Å². The number of carbonyl (C=O) groups excluding carboxylic acids is 1. The first-order valence-corrected chi connectivity index (χ1v) is 15.5. The minimum absolute atomic E-state index is 0.00299. The molecule has 12 heteroatoms. The van der Waals surface area contributed by atoms with E-state index in [0.717, 1.165) is 12.1 Å². The molecule has 1 saturated heterocycles. The average Bonchev–Trinajstić information content (AvgIpc) is 3.42. The van der Waals surface area contributed by atoms with E-state index in [4.69, 9.17) is 0 Å². The standard InChI is InChI=1S/C27H24F2N2O6S2/c1-16(39(36,37)19-10-12-38(34,35)15-19)26(32)25-24(20-6-4-11-30-27(20)33)21-13-18(28)8-9-23(21)31(25)14-17-5-2-3-7-22(17)29/h2-9,11,13,16,19H,10,12,14-15H2,1H3,(H,30,33). The minimum Gasteiger partial charge on any atom is -0.333 e. The van der Waals surface area contributed by atoms with Crippen LogP contribution in [0.1, 0.15) is 29.4 Å². The number of benzene rings is 2. The predicted molar refractivity (Wildman–Crippen MR) is 143 cm³/mol. The van der Waals surface area contributed by atoms with Crippen LogP contribution in [-0.4, -0.2) is 54.2 Å². The molecule has 2 aromatic carbocycles. The molecule has 0 bridgehead atoms. The summed E-state index contributed by atoms with van der Waals surface area (Å²) < 4.78 is 81.5. The number of Topliss-reactive ketones (excluding diaryl/α,β-unsaturated/α-hetero) is 1. The number of H-pyrrole nitrogens is 1. The van der Waals surface area contributed by atoms with Gasteiger partial charge in [-0.2, -0.15) is 0 Å². The average molecular weight is 575 g/mol. The van der Waals surface area contributed by atoms with Gasteiger partial charge < -0.3 is 9.55 Å². The number of hydrogen-bond donors (Lipinski definition) is 1. The molecule has 2 aromatic heterocycles. The molecule has 204 valence electrons. The number of rotatable bonds is 7. The number of ketones is 1. The number of halogens is 2. The normalized spacial score (nSPS) is 17.9. The lowest BCUT2D eigenvalue weighted by Gasteiger charge is -2.19. The highest BCUT2D eigenvalue weighted by Crippen LogP contribution is 2.37. The molecule has 39 heavy (non-hydrogen) atoms. The smallest absolute Gasteiger partial charge is 0.255 e. The monoisotopic (exact) mass is 574 g/mol. The van der Waals surface area contributed by atoms with Gasteiger partial charge in [-0.25, -0.2) is 25.6 Å². The van der Waals surface area contributed by atoms with E-state index in [1.807, 2.05) is 0 Å². The Kier molecular flexibility index (Phi) is 6.79. The zero-order valence-corrected chi connectivity index (χ0v) is 22.4. The van der Waals surface area contributed by atoms with Crippen LogP contribution < -0.4 is 5.56 Å². The Morgan fingerprint density at radius 1 is 1.13 bits per heavy atom. The number of carbonyl (C=O) groups is 1. The molecule has 1 aliphatic heterocycles. The predicted octanol–water partition coefficient (Wildman–Crippen LogP) is 3.50. The second-order valence-corrected chi connectivity index (χ2v) is 14.4. The van der Waals surface area contributed by atoms with Gasteiger partial charge in [-0.1, -0.05) is 18.2 Å². The van der Waals surface area contributed by atoms with E-state index in [2.05, 4.69) is 4.98 Å². The summed E-state index contributed by atoms with van der Waals surface area (Å²) in [5, 5.41) is -2.78. The van der Waals surface area contributed by atoms with Crippen LogP contribution in [0, 0.1) is 11.6 Å². The number of pyridine rings is 1. The lowest BCUT2D eigenvalue weighted by molar-refractivity contribution is 0.0983. The molecule has 2 atom stereocenters. The van der Waals surface area contributed by atoms with E-state index in [9.17, 15) is 35.2 Å². The molecular formula is C27H24F2N2O6S2. The molecule has 0 spiro atoms. The highest BCUT2D eigenvalue weighted by Gasteiger charge is 2.44. The molecule has 4 aromatic rings. The van der Waals surface area contributed by atoms with Gasteiger partial charge in [0, 0.05) is 33.8 Å². The maximum atomic E-state index is 14.7. The second kappa shape index (κ2) is 9.83. The van der Waals surface area contributed by atoms with Gasteiger partial charge in [-0.05, 0) is 49.7 Å². The molecule has 0 saturated carbocycles. The van der Waals surface area contributed by atoms with Crippen molar-refractivity contribution in [2.24, 2.45) is 0 Å². The van der Waals surface area contributed by atoms with E-state index in [1.165, 1.54) is 54.1 Å². The first-order chi connectivity index (χ1) is 18.4. The van der Waals surface area contributed by atoms with Crippen molar-refractivity contribution in [2.45, 2.75) is 30.4 Å². The molecule has 2 unspecified atom stereocenters. The minimum atomic E-state index is -4.29. The quantitative estimate of drug-likeness (QED) is 0.337. The van der Waals surface area contributed by atoms with Crippen LogP contribution in [0.3, 0.4) is 0 Å². The lowest BCUT2D eigenvalue weighted by Crippen LogP contribution is -2.37. The van der Waals surface area contributed by atoms with Crippen LogP contribution in [0.5, 0.6) is 0 Å². The summed E-state index contributed by atoms with van der Waals surface area (Å²) in [4.78, 5) is 29.5. The fraction of sp³-hybridized carbons (Fsp3) is 0.259. The third-order valence-corrected chi connectivity index (χ3v) is 11.7. The van der Waals surface area contributed by atoms with Gasteiger partial charge in [0.15, 0.2) is 25.5 Å². The first-order valence-electron chi connectivity index (χ1n) is 12.1. The molecule has 8 nitrogen and oxygen atoms in total. The van der Waals surface area contributed by atoms with Crippen LogP contribution in [0.15, 0.2) is 65.6 Å². The van der Waals surface area contributed by atoms with Crippen molar-refractivity contribution in [1.29, 1.82) is 0 Å². The van der Waals surface area contributed by atoms with Gasteiger partial charge in [0.1, 0.15) is 16.9 Å². The van der Waals surface area contributed by atoms with E-state index < -0.39 is 58.9 Å². The summed E-state index contributed by atoms with van der Waals surface area (Å²) in [6, 6.07) is 12.4. The molecule has 1 N–H and O–H groups in total. The van der Waals surface area contributed by atoms with Crippen LogP contribution in [-0.2, 0) is 26.2 Å². The molecule has 0 aliphatic carbocycles. The van der Waals surface area contributed by atoms with E-state index in [-0.39, 0.29) is 52.0 Å². The Hall–Kier alpha value is -3.64. The van der Waals surface area contributed by atoms with Crippen molar-refractivity contribution < 1.29 is 30.4 Å². The van der Waals surface area contributed by atoms with Gasteiger partial charge in [-0.15, -0.1) is 0 Å². The zero-order valence-electron chi connectivity index (χ0n) is 20.7. The number of nitrogens with zero attached hydrogens (tertiary/aromatic N) is 1. The van der Waals surface area contributed by atoms with E-state index in [0.29, 0.717) is 0 Å². The topological polar surface area (TPSA) is 123 Å². The van der Waals surface area contributed by atoms with E-state index >= 15 is 0 Å². The molecule has 3 heterocycles. The van der Waals surface area contributed by atoms with Crippen LogP contribution in [0.25, 0.3) is 22.0 Å². The third kappa shape index (κ3) is 4.82. The Labute approximate surface area is 223 Å². The SMILES string of the molecule is CC(C(=O)c1c(-c2ccc[nH]c2=O)c2cc(F)ccc2n1Cc1ccccc1F)S(=O)(=O)C1CCS(=O)(=O)C1.